The summed E-state index contributed by atoms with van der Waals surface area (Å²) >= 11 is 0. The summed E-state index contributed by atoms with van der Waals surface area (Å²) in [6.45, 7) is 4.11. The molecule has 1 aliphatic rings. The van der Waals surface area contributed by atoms with Crippen LogP contribution >= 0.6 is 0 Å². The van der Waals surface area contributed by atoms with Crippen molar-refractivity contribution in [2.45, 2.75) is 57.0 Å². The topological polar surface area (TPSA) is 78.0 Å². The Morgan fingerprint density at radius 2 is 2.18 bits per heavy atom. The number of rotatable bonds is 3. The molecule has 0 saturated carbocycles. The lowest BCUT2D eigenvalue weighted by Gasteiger charge is -2.26. The van der Waals surface area contributed by atoms with E-state index in [0.717, 1.165) is 43.6 Å². The molecule has 5 nitrogen and oxygen atoms in total. The average molecular weight is 257 g/mol. The molecular weight excluding hydrogens is 238 g/mol. The highest BCUT2D eigenvalue weighted by molar-refractivity contribution is 7.89. The third kappa shape index (κ3) is 2.11. The first-order valence-electron chi connectivity index (χ1n) is 6.11. The first-order valence-corrected chi connectivity index (χ1v) is 7.66. The number of aryl methyl sites for hydroxylation is 1. The highest BCUT2D eigenvalue weighted by atomic mass is 32.2. The van der Waals surface area contributed by atoms with Gasteiger partial charge in [-0.2, -0.15) is 0 Å². The van der Waals surface area contributed by atoms with Gasteiger partial charge in [0.05, 0.1) is 5.69 Å². The van der Waals surface area contributed by atoms with Gasteiger partial charge in [-0.1, -0.05) is 13.8 Å². The van der Waals surface area contributed by atoms with Gasteiger partial charge >= 0.3 is 0 Å². The van der Waals surface area contributed by atoms with Crippen molar-refractivity contribution < 1.29 is 8.42 Å². The summed E-state index contributed by atoms with van der Waals surface area (Å²) in [4.78, 5) is 4.23. The maximum atomic E-state index is 11.5. The van der Waals surface area contributed by atoms with Crippen LogP contribution < -0.4 is 5.14 Å². The summed E-state index contributed by atoms with van der Waals surface area (Å²) in [5, 5.41) is 5.32. The molecule has 0 bridgehead atoms. The van der Waals surface area contributed by atoms with Crippen molar-refractivity contribution in [1.29, 1.82) is 0 Å². The smallest absolute Gasteiger partial charge is 0.257 e. The van der Waals surface area contributed by atoms with Crippen molar-refractivity contribution in [1.82, 2.24) is 9.55 Å². The van der Waals surface area contributed by atoms with Gasteiger partial charge in [0.2, 0.25) is 0 Å². The van der Waals surface area contributed by atoms with E-state index in [1.807, 2.05) is 6.92 Å². The van der Waals surface area contributed by atoms with E-state index in [4.69, 9.17) is 5.14 Å². The van der Waals surface area contributed by atoms with Crippen LogP contribution in [0.1, 0.15) is 50.7 Å². The molecule has 1 aliphatic heterocycles. The highest BCUT2D eigenvalue weighted by Gasteiger charge is 2.29. The molecule has 1 unspecified atom stereocenters. The van der Waals surface area contributed by atoms with Crippen LogP contribution in [0.3, 0.4) is 0 Å². The van der Waals surface area contributed by atoms with E-state index in [0.29, 0.717) is 6.04 Å². The second-order valence-electron chi connectivity index (χ2n) is 4.50. The van der Waals surface area contributed by atoms with E-state index in [1.165, 1.54) is 0 Å². The van der Waals surface area contributed by atoms with Crippen LogP contribution in [0.2, 0.25) is 0 Å². The van der Waals surface area contributed by atoms with Gasteiger partial charge in [0, 0.05) is 12.5 Å². The van der Waals surface area contributed by atoms with Crippen molar-refractivity contribution in [2.75, 3.05) is 0 Å². The number of nitrogens with two attached hydrogens (primary N) is 1. The molecule has 1 aromatic rings. The van der Waals surface area contributed by atoms with Gasteiger partial charge in [-0.05, 0) is 25.7 Å². The Morgan fingerprint density at radius 1 is 1.47 bits per heavy atom. The van der Waals surface area contributed by atoms with E-state index in [-0.39, 0.29) is 5.03 Å². The normalized spacial score (nSPS) is 20.3. The molecule has 0 fully saturated rings. The van der Waals surface area contributed by atoms with Crippen LogP contribution in [0, 0.1) is 0 Å². The lowest BCUT2D eigenvalue weighted by atomic mass is 10.0. The second-order valence-corrected chi connectivity index (χ2v) is 5.98. The Balaban J connectivity index is 2.64. The Labute approximate surface area is 102 Å². The number of fused-ring (bicyclic) bond motifs is 1. The Morgan fingerprint density at radius 3 is 2.71 bits per heavy atom. The zero-order chi connectivity index (χ0) is 12.6. The third-order valence-corrected chi connectivity index (χ3v) is 4.29. The second kappa shape index (κ2) is 4.42. The minimum absolute atomic E-state index is 0.0903. The standard InChI is InChI=1S/C11H19N3O2S/c1-3-8-6-5-7-9-11(17(12,15)16)13-10(4-2)14(8)9/h8H,3-7H2,1-2H3,(H2,12,15,16). The highest BCUT2D eigenvalue weighted by Crippen LogP contribution is 2.32. The Kier molecular flexibility index (Phi) is 3.27. The largest absolute Gasteiger partial charge is 0.328 e. The molecule has 1 atom stereocenters. The van der Waals surface area contributed by atoms with E-state index in [9.17, 15) is 8.42 Å². The SMILES string of the molecule is CCc1nc(S(N)(=O)=O)c2n1C(CC)CCC2. The number of aromatic nitrogens is 2. The van der Waals surface area contributed by atoms with Gasteiger partial charge in [-0.15, -0.1) is 0 Å². The number of hydrogen-bond acceptors (Lipinski definition) is 3. The van der Waals surface area contributed by atoms with E-state index < -0.39 is 10.0 Å². The first-order chi connectivity index (χ1) is 7.99. The number of hydrogen-bond donors (Lipinski definition) is 1. The van der Waals surface area contributed by atoms with Gasteiger partial charge in [-0.25, -0.2) is 18.5 Å². The van der Waals surface area contributed by atoms with Gasteiger partial charge < -0.3 is 4.57 Å². The van der Waals surface area contributed by atoms with Crippen LogP contribution in [0.4, 0.5) is 0 Å². The molecule has 96 valence electrons. The summed E-state index contributed by atoms with van der Waals surface area (Å²) in [6.07, 6.45) is 4.60. The monoisotopic (exact) mass is 257 g/mol. The molecule has 1 aromatic heterocycles. The fraction of sp³-hybridized carbons (Fsp3) is 0.727. The van der Waals surface area contributed by atoms with Gasteiger partial charge in [0.1, 0.15) is 5.82 Å². The molecular formula is C11H19N3O2S. The number of primary sulfonamides is 1. The fourth-order valence-corrected chi connectivity index (χ4v) is 3.41. The molecule has 0 spiro atoms. The summed E-state index contributed by atoms with van der Waals surface area (Å²) in [6, 6.07) is 0.372. The third-order valence-electron chi connectivity index (χ3n) is 3.42. The molecule has 0 aromatic carbocycles. The molecule has 2 rings (SSSR count). The summed E-state index contributed by atoms with van der Waals surface area (Å²) in [5.41, 5.74) is 0.808. The maximum Gasteiger partial charge on any atom is 0.257 e. The van der Waals surface area contributed by atoms with Crippen LogP contribution in [-0.4, -0.2) is 18.0 Å². The van der Waals surface area contributed by atoms with Crippen LogP contribution in [-0.2, 0) is 22.9 Å². The molecule has 0 radical (unpaired) electrons. The maximum absolute atomic E-state index is 11.5. The van der Waals surface area contributed by atoms with Crippen molar-refractivity contribution >= 4 is 10.0 Å². The van der Waals surface area contributed by atoms with Crippen molar-refractivity contribution in [3.63, 3.8) is 0 Å². The minimum atomic E-state index is -3.70. The van der Waals surface area contributed by atoms with Crippen LogP contribution in [0.25, 0.3) is 0 Å². The predicted octanol–water partition coefficient (Wildman–Crippen LogP) is 1.38. The molecule has 2 heterocycles. The van der Waals surface area contributed by atoms with Crippen molar-refractivity contribution in [3.05, 3.63) is 11.5 Å². The zero-order valence-electron chi connectivity index (χ0n) is 10.3. The molecule has 6 heteroatoms. The van der Waals surface area contributed by atoms with Crippen molar-refractivity contribution in [3.8, 4) is 0 Å². The molecule has 0 amide bonds. The lowest BCUT2D eigenvalue weighted by molar-refractivity contribution is 0.378. The van der Waals surface area contributed by atoms with Crippen molar-refractivity contribution in [2.24, 2.45) is 5.14 Å². The number of sulfonamides is 1. The van der Waals surface area contributed by atoms with Gasteiger partial charge in [0.15, 0.2) is 5.03 Å². The fourth-order valence-electron chi connectivity index (χ4n) is 2.65. The Hall–Kier alpha value is -0.880. The molecule has 17 heavy (non-hydrogen) atoms. The van der Waals surface area contributed by atoms with E-state index >= 15 is 0 Å². The van der Waals surface area contributed by atoms with Crippen LogP contribution in [0.15, 0.2) is 5.03 Å². The number of imidazole rings is 1. The summed E-state index contributed by atoms with van der Waals surface area (Å²) in [5.74, 6) is 0.843. The number of nitrogens with zero attached hydrogens (tertiary/aromatic N) is 2. The molecule has 0 aliphatic carbocycles. The zero-order valence-corrected chi connectivity index (χ0v) is 11.1. The quantitative estimate of drug-likeness (QED) is 0.888. The molecule has 2 N–H and O–H groups in total. The minimum Gasteiger partial charge on any atom is -0.328 e. The average Bonchev–Trinajstić information content (AvgIpc) is 2.67. The lowest BCUT2D eigenvalue weighted by Crippen LogP contribution is -2.21. The van der Waals surface area contributed by atoms with Crippen LogP contribution in [0.5, 0.6) is 0 Å². The summed E-state index contributed by atoms with van der Waals surface area (Å²) < 4.78 is 25.2. The Bertz CT molecular complexity index is 519. The van der Waals surface area contributed by atoms with Gasteiger partial charge in [0.25, 0.3) is 10.0 Å². The predicted molar refractivity (Wildman–Crippen MR) is 65.2 cm³/mol. The van der Waals surface area contributed by atoms with E-state index in [1.54, 1.807) is 0 Å². The van der Waals surface area contributed by atoms with E-state index in [2.05, 4.69) is 16.5 Å². The first kappa shape index (κ1) is 12.6. The van der Waals surface area contributed by atoms with Gasteiger partial charge in [-0.3, -0.25) is 0 Å². The summed E-state index contributed by atoms with van der Waals surface area (Å²) in [7, 11) is -3.70. The molecule has 0 saturated heterocycles.